The van der Waals surface area contributed by atoms with E-state index < -0.39 is 39.1 Å². The van der Waals surface area contributed by atoms with Crippen LogP contribution in [-0.2, 0) is 13.8 Å². The van der Waals surface area contributed by atoms with Gasteiger partial charge in [-0.3, -0.25) is 9.09 Å². The van der Waals surface area contributed by atoms with Gasteiger partial charge in [-0.25, -0.2) is 28.3 Å². The molecule has 13 heteroatoms. The number of fused-ring (bicyclic) bond motifs is 1. The summed E-state index contributed by atoms with van der Waals surface area (Å²) >= 11 is 0. The summed E-state index contributed by atoms with van der Waals surface area (Å²) in [5.41, 5.74) is 6.08. The first-order chi connectivity index (χ1) is 10.7. The van der Waals surface area contributed by atoms with Crippen LogP contribution in [0.3, 0.4) is 0 Å². The Hall–Kier alpha value is -1.72. The van der Waals surface area contributed by atoms with Gasteiger partial charge in [-0.2, -0.15) is 0 Å². The predicted molar refractivity (Wildman–Crippen MR) is 71.2 cm³/mol. The zero-order valence-corrected chi connectivity index (χ0v) is 12.3. The molecule has 0 radical (unpaired) electrons. The average Bonchev–Trinajstić information content (AvgIpc) is 3.00. The number of phosphoric acid groups is 1. The molecular weight excluding hydrogens is 339 g/mol. The molecule has 0 unspecified atom stereocenters. The second-order valence-electron chi connectivity index (χ2n) is 4.91. The van der Waals surface area contributed by atoms with Gasteiger partial charge in [-0.15, -0.1) is 0 Å². The van der Waals surface area contributed by atoms with Crippen LogP contribution in [0.2, 0.25) is 0 Å². The van der Waals surface area contributed by atoms with E-state index >= 15 is 0 Å². The summed E-state index contributed by atoms with van der Waals surface area (Å²) in [4.78, 5) is 28.8. The second-order valence-corrected chi connectivity index (χ2v) is 6.15. The molecule has 3 heterocycles. The fourth-order valence-electron chi connectivity index (χ4n) is 2.25. The number of imidazole rings is 1. The van der Waals surface area contributed by atoms with Crippen LogP contribution in [0.1, 0.15) is 12.6 Å². The molecule has 126 valence electrons. The van der Waals surface area contributed by atoms with Gasteiger partial charge in [0.2, 0.25) is 0 Å². The van der Waals surface area contributed by atoms with Gasteiger partial charge in [0, 0.05) is 6.42 Å². The topological polar surface area (TPSA) is 146 Å². The Balaban J connectivity index is 1.85. The molecule has 23 heavy (non-hydrogen) atoms. The lowest BCUT2D eigenvalue weighted by Crippen LogP contribution is -2.36. The molecule has 0 spiro atoms. The lowest BCUT2D eigenvalue weighted by molar-refractivity contribution is -0.192. The van der Waals surface area contributed by atoms with E-state index in [4.69, 9.17) is 20.3 Å². The molecular formula is C10H12F2N5O5P. The van der Waals surface area contributed by atoms with Crippen molar-refractivity contribution in [3.63, 3.8) is 0 Å². The third kappa shape index (κ3) is 3.03. The number of hydrogen-bond acceptors (Lipinski definition) is 7. The maximum Gasteiger partial charge on any atom is 0.469 e. The van der Waals surface area contributed by atoms with Crippen LogP contribution in [0.4, 0.5) is 14.6 Å². The Labute approximate surface area is 127 Å². The number of nitrogens with two attached hydrogens (primary N) is 1. The van der Waals surface area contributed by atoms with Crippen molar-refractivity contribution in [3.05, 3.63) is 12.7 Å². The molecule has 1 aliphatic heterocycles. The highest BCUT2D eigenvalue weighted by Gasteiger charge is 2.52. The van der Waals surface area contributed by atoms with E-state index in [1.54, 1.807) is 0 Å². The van der Waals surface area contributed by atoms with E-state index in [0.717, 1.165) is 6.33 Å². The van der Waals surface area contributed by atoms with Gasteiger partial charge in [0.05, 0.1) is 6.33 Å². The van der Waals surface area contributed by atoms with Gasteiger partial charge in [-0.05, 0) is 0 Å². The van der Waals surface area contributed by atoms with E-state index in [2.05, 4.69) is 19.5 Å². The van der Waals surface area contributed by atoms with Crippen LogP contribution < -0.4 is 5.73 Å². The van der Waals surface area contributed by atoms with E-state index in [1.807, 2.05) is 0 Å². The van der Waals surface area contributed by atoms with E-state index in [1.165, 1.54) is 10.9 Å². The summed E-state index contributed by atoms with van der Waals surface area (Å²) in [6.45, 7) is -1.25. The molecule has 0 saturated carbocycles. The van der Waals surface area contributed by atoms with Crippen LogP contribution in [0, 0.1) is 0 Å². The van der Waals surface area contributed by atoms with Crippen LogP contribution in [0.5, 0.6) is 0 Å². The first kappa shape index (κ1) is 16.1. The third-order valence-electron chi connectivity index (χ3n) is 3.34. The number of aromatic nitrogens is 4. The number of phosphoric ester groups is 1. The van der Waals surface area contributed by atoms with Crippen molar-refractivity contribution in [2.24, 2.45) is 0 Å². The molecule has 0 aromatic carbocycles. The molecule has 1 saturated heterocycles. The molecule has 10 nitrogen and oxygen atoms in total. The number of alkyl halides is 2. The first-order valence-electron chi connectivity index (χ1n) is 6.33. The van der Waals surface area contributed by atoms with Gasteiger partial charge >= 0.3 is 7.82 Å². The molecule has 0 aliphatic carbocycles. The summed E-state index contributed by atoms with van der Waals surface area (Å²) < 4.78 is 49.2. The molecule has 2 aromatic rings. The lowest BCUT2D eigenvalue weighted by atomic mass is 10.2. The van der Waals surface area contributed by atoms with Crippen LogP contribution in [0.25, 0.3) is 11.2 Å². The summed E-state index contributed by atoms with van der Waals surface area (Å²) in [5, 5.41) is 0. The largest absolute Gasteiger partial charge is 0.469 e. The Morgan fingerprint density at radius 2 is 2.26 bits per heavy atom. The molecule has 4 N–H and O–H groups in total. The molecule has 2 aromatic heterocycles. The fourth-order valence-corrected chi connectivity index (χ4v) is 2.59. The minimum absolute atomic E-state index is 0.0971. The average molecular weight is 351 g/mol. The number of nitrogen functional groups attached to an aromatic ring is 1. The van der Waals surface area contributed by atoms with E-state index in [-0.39, 0.29) is 17.0 Å². The number of halogens is 2. The first-order valence-corrected chi connectivity index (χ1v) is 7.86. The number of anilines is 1. The highest BCUT2D eigenvalue weighted by atomic mass is 31.2. The van der Waals surface area contributed by atoms with Crippen molar-refractivity contribution >= 4 is 24.8 Å². The van der Waals surface area contributed by atoms with Crippen molar-refractivity contribution in [1.82, 2.24) is 19.5 Å². The Bertz CT molecular complexity index is 784. The van der Waals surface area contributed by atoms with Crippen molar-refractivity contribution in [2.45, 2.75) is 24.7 Å². The highest BCUT2D eigenvalue weighted by molar-refractivity contribution is 7.46. The predicted octanol–water partition coefficient (Wildman–Crippen LogP) is 0.441. The van der Waals surface area contributed by atoms with Gasteiger partial charge in [0.1, 0.15) is 24.7 Å². The van der Waals surface area contributed by atoms with Gasteiger partial charge < -0.3 is 20.3 Å². The Morgan fingerprint density at radius 1 is 1.52 bits per heavy atom. The second kappa shape index (κ2) is 5.42. The lowest BCUT2D eigenvalue weighted by Gasteiger charge is -2.22. The SMILES string of the molecule is Nc1ncnc2c1ncn2[C@H]1C[C@H](F)[C@@](F)(COP(=O)(O)O)O1. The maximum absolute atomic E-state index is 14.4. The van der Waals surface area contributed by atoms with Crippen molar-refractivity contribution in [3.8, 4) is 0 Å². The van der Waals surface area contributed by atoms with Crippen molar-refractivity contribution < 1.29 is 32.4 Å². The molecule has 1 aliphatic rings. The normalized spacial score (nSPS) is 28.5. The number of nitrogens with zero attached hydrogens (tertiary/aromatic N) is 4. The highest BCUT2D eigenvalue weighted by Crippen LogP contribution is 2.45. The zero-order valence-electron chi connectivity index (χ0n) is 11.4. The van der Waals surface area contributed by atoms with E-state index in [9.17, 15) is 13.3 Å². The smallest absolute Gasteiger partial charge is 0.382 e. The summed E-state index contributed by atoms with van der Waals surface area (Å²) in [6, 6.07) is 0. The monoisotopic (exact) mass is 351 g/mol. The quantitative estimate of drug-likeness (QED) is 0.668. The molecule has 0 bridgehead atoms. The standard InChI is InChI=1S/C10H12F2N5O5P/c11-5-1-6(22-10(5,12)2-21-23(18,19)20)17-4-16-7-8(13)14-3-15-9(7)17/h3-6H,1-2H2,(H2,13,14,15)(H2,18,19,20)/t5-,6+,10+/m0/s1. The van der Waals surface area contributed by atoms with Crippen molar-refractivity contribution in [2.75, 3.05) is 12.3 Å². The number of rotatable bonds is 4. The minimum Gasteiger partial charge on any atom is -0.382 e. The molecule has 0 amide bonds. The third-order valence-corrected chi connectivity index (χ3v) is 3.80. The Kier molecular flexibility index (Phi) is 3.81. The van der Waals surface area contributed by atoms with E-state index in [0.29, 0.717) is 0 Å². The Morgan fingerprint density at radius 3 is 2.96 bits per heavy atom. The fraction of sp³-hybridized carbons (Fsp3) is 0.500. The molecule has 3 atom stereocenters. The summed E-state index contributed by atoms with van der Waals surface area (Å²) in [5.74, 6) is -2.90. The summed E-state index contributed by atoms with van der Waals surface area (Å²) in [7, 11) is -4.96. The molecule has 1 fully saturated rings. The maximum atomic E-state index is 14.4. The zero-order chi connectivity index (χ0) is 16.8. The number of hydrogen-bond donors (Lipinski definition) is 3. The van der Waals surface area contributed by atoms with Crippen molar-refractivity contribution in [1.29, 1.82) is 0 Å². The van der Waals surface area contributed by atoms with Crippen LogP contribution in [-0.4, -0.2) is 47.9 Å². The van der Waals surface area contributed by atoms with Crippen LogP contribution >= 0.6 is 7.82 Å². The van der Waals surface area contributed by atoms with Gasteiger partial charge in [0.25, 0.3) is 5.85 Å². The summed E-state index contributed by atoms with van der Waals surface area (Å²) in [6.07, 6.45) is -1.30. The number of ether oxygens (including phenoxy) is 1. The van der Waals surface area contributed by atoms with Gasteiger partial charge in [0.15, 0.2) is 17.6 Å². The van der Waals surface area contributed by atoms with Crippen LogP contribution in [0.15, 0.2) is 12.7 Å². The molecule has 3 rings (SSSR count). The minimum atomic E-state index is -4.96. The van der Waals surface area contributed by atoms with Gasteiger partial charge in [-0.1, -0.05) is 0 Å².